The molecule has 2 N–H and O–H groups in total. The minimum atomic E-state index is -0.120. The summed E-state index contributed by atoms with van der Waals surface area (Å²) < 4.78 is 10.2. The largest absolute Gasteiger partial charge is 0.469 e. The summed E-state index contributed by atoms with van der Waals surface area (Å²) in [5.74, 6) is 0.752. The molecule has 2 rings (SSSR count). The predicted molar refractivity (Wildman–Crippen MR) is 134 cm³/mol. The van der Waals surface area contributed by atoms with Crippen molar-refractivity contribution in [3.63, 3.8) is 0 Å². The fourth-order valence-corrected chi connectivity index (χ4v) is 4.18. The van der Waals surface area contributed by atoms with Crippen LogP contribution < -0.4 is 10.6 Å². The number of guanidine groups is 1. The summed E-state index contributed by atoms with van der Waals surface area (Å²) in [7, 11) is 1.44. The number of carbonyl (C=O) groups is 1. The second-order valence-corrected chi connectivity index (χ2v) is 8.05. The van der Waals surface area contributed by atoms with E-state index in [4.69, 9.17) is 9.73 Å². The van der Waals surface area contributed by atoms with Gasteiger partial charge in [-0.25, -0.2) is 0 Å². The average molecular weight is 553 g/mol. The highest BCUT2D eigenvalue weighted by Crippen LogP contribution is 2.26. The van der Waals surface area contributed by atoms with Crippen LogP contribution >= 0.6 is 35.3 Å². The van der Waals surface area contributed by atoms with E-state index in [2.05, 4.69) is 44.7 Å². The van der Waals surface area contributed by atoms with Gasteiger partial charge in [0.1, 0.15) is 0 Å². The molecule has 0 radical (unpaired) electrons. The smallest absolute Gasteiger partial charge is 0.305 e. The number of halogens is 1. The summed E-state index contributed by atoms with van der Waals surface area (Å²) in [5, 5.41) is 8.93. The molecule has 0 aromatic carbocycles. The normalized spacial score (nSPS) is 15.9. The zero-order valence-electron chi connectivity index (χ0n) is 18.2. The topological polar surface area (TPSA) is 75.2 Å². The second kappa shape index (κ2) is 16.7. The molecule has 0 bridgehead atoms. The summed E-state index contributed by atoms with van der Waals surface area (Å²) in [6.45, 7) is 8.02. The van der Waals surface area contributed by atoms with E-state index in [1.165, 1.54) is 12.0 Å². The fourth-order valence-electron chi connectivity index (χ4n) is 3.33. The number of nitrogens with zero attached hydrogens (tertiary/aromatic N) is 2. The molecule has 0 amide bonds. The van der Waals surface area contributed by atoms with E-state index in [1.807, 2.05) is 0 Å². The van der Waals surface area contributed by atoms with Crippen molar-refractivity contribution in [3.8, 4) is 0 Å². The summed E-state index contributed by atoms with van der Waals surface area (Å²) in [5.41, 5.74) is 0. The van der Waals surface area contributed by atoms with Gasteiger partial charge in [0.05, 0.1) is 32.9 Å². The highest BCUT2D eigenvalue weighted by atomic mass is 127. The Balaban J connectivity index is 0.00000450. The van der Waals surface area contributed by atoms with Crippen LogP contribution in [0.1, 0.15) is 49.9 Å². The maximum atomic E-state index is 11.1. The SMILES string of the molecule is CCNC(=NCC(c1cccs1)N1CCOCC1)NCCCCCCC(=O)OC.I. The van der Waals surface area contributed by atoms with Crippen LogP contribution in [-0.4, -0.2) is 69.9 Å². The van der Waals surface area contributed by atoms with E-state index in [9.17, 15) is 4.79 Å². The van der Waals surface area contributed by atoms with Gasteiger partial charge in [-0.2, -0.15) is 0 Å². The molecule has 1 fully saturated rings. The van der Waals surface area contributed by atoms with Crippen molar-refractivity contribution in [2.75, 3.05) is 53.0 Å². The number of nitrogens with one attached hydrogen (secondary N) is 2. The van der Waals surface area contributed by atoms with Gasteiger partial charge < -0.3 is 20.1 Å². The van der Waals surface area contributed by atoms with E-state index in [-0.39, 0.29) is 29.9 Å². The van der Waals surface area contributed by atoms with Crippen molar-refractivity contribution < 1.29 is 14.3 Å². The Kier molecular flexibility index (Phi) is 15.1. The lowest BCUT2D eigenvalue weighted by molar-refractivity contribution is -0.140. The van der Waals surface area contributed by atoms with Crippen molar-refractivity contribution in [1.82, 2.24) is 15.5 Å². The third-order valence-electron chi connectivity index (χ3n) is 4.95. The molecule has 1 atom stereocenters. The molecule has 1 aliphatic rings. The van der Waals surface area contributed by atoms with Crippen LogP contribution in [0.25, 0.3) is 0 Å². The minimum absolute atomic E-state index is 0. The Bertz CT molecular complexity index is 595. The molecule has 9 heteroatoms. The first-order valence-electron chi connectivity index (χ1n) is 10.7. The lowest BCUT2D eigenvalue weighted by Gasteiger charge is -2.33. The van der Waals surface area contributed by atoms with E-state index in [1.54, 1.807) is 11.3 Å². The van der Waals surface area contributed by atoms with Gasteiger partial charge in [-0.15, -0.1) is 35.3 Å². The molecule has 1 aromatic rings. The molecule has 172 valence electrons. The third kappa shape index (κ3) is 10.4. The lowest BCUT2D eigenvalue weighted by Crippen LogP contribution is -2.41. The monoisotopic (exact) mass is 552 g/mol. The number of thiophene rings is 1. The number of rotatable bonds is 12. The van der Waals surface area contributed by atoms with Gasteiger partial charge in [-0.05, 0) is 31.2 Å². The van der Waals surface area contributed by atoms with Gasteiger partial charge in [0.25, 0.3) is 0 Å². The molecule has 30 heavy (non-hydrogen) atoms. The quantitative estimate of drug-likeness (QED) is 0.136. The van der Waals surface area contributed by atoms with Gasteiger partial charge in [-0.3, -0.25) is 14.7 Å². The van der Waals surface area contributed by atoms with Crippen LogP contribution in [-0.2, 0) is 14.3 Å². The minimum Gasteiger partial charge on any atom is -0.469 e. The van der Waals surface area contributed by atoms with Gasteiger partial charge in [0, 0.05) is 37.5 Å². The average Bonchev–Trinajstić information content (AvgIpc) is 3.28. The molecule has 1 aromatic heterocycles. The maximum absolute atomic E-state index is 11.1. The number of hydrogen-bond acceptors (Lipinski definition) is 6. The maximum Gasteiger partial charge on any atom is 0.305 e. The second-order valence-electron chi connectivity index (χ2n) is 7.07. The number of esters is 1. The van der Waals surface area contributed by atoms with Gasteiger partial charge in [-0.1, -0.05) is 18.9 Å². The van der Waals surface area contributed by atoms with Crippen molar-refractivity contribution in [2.45, 2.75) is 45.1 Å². The molecule has 1 unspecified atom stereocenters. The number of hydrogen-bond donors (Lipinski definition) is 2. The molecule has 1 saturated heterocycles. The first kappa shape index (κ1) is 27.1. The molecule has 0 saturated carbocycles. The number of aliphatic imine (C=N–C) groups is 1. The number of unbranched alkanes of at least 4 members (excludes halogenated alkanes) is 3. The summed E-state index contributed by atoms with van der Waals surface area (Å²) in [6, 6.07) is 4.61. The van der Waals surface area contributed by atoms with Gasteiger partial charge in [0.2, 0.25) is 0 Å². The van der Waals surface area contributed by atoms with Crippen molar-refractivity contribution in [3.05, 3.63) is 22.4 Å². The van der Waals surface area contributed by atoms with Crippen LogP contribution in [0.2, 0.25) is 0 Å². The van der Waals surface area contributed by atoms with Crippen LogP contribution in [0, 0.1) is 0 Å². The zero-order chi connectivity index (χ0) is 20.7. The number of morpholine rings is 1. The molecule has 0 spiro atoms. The fraction of sp³-hybridized carbons (Fsp3) is 0.714. The Morgan fingerprint density at radius 2 is 2.03 bits per heavy atom. The molecule has 2 heterocycles. The molecular weight excluding hydrogens is 515 g/mol. The molecule has 7 nitrogen and oxygen atoms in total. The molecule has 0 aliphatic carbocycles. The molecule has 1 aliphatic heterocycles. The van der Waals surface area contributed by atoms with Crippen LogP contribution in [0.5, 0.6) is 0 Å². The van der Waals surface area contributed by atoms with Crippen molar-refractivity contribution in [2.24, 2.45) is 4.99 Å². The summed E-state index contributed by atoms with van der Waals surface area (Å²) >= 11 is 1.80. The lowest BCUT2D eigenvalue weighted by atomic mass is 10.1. The Labute approximate surface area is 202 Å². The number of methoxy groups -OCH3 is 1. The molecular formula is C21H37IN4O3S. The number of carbonyl (C=O) groups excluding carboxylic acids is 1. The Hall–Kier alpha value is -0.910. The summed E-state index contributed by atoms with van der Waals surface area (Å²) in [4.78, 5) is 19.8. The van der Waals surface area contributed by atoms with Crippen LogP contribution in [0.4, 0.5) is 0 Å². The predicted octanol–water partition coefficient (Wildman–Crippen LogP) is 3.42. The van der Waals surface area contributed by atoms with Gasteiger partial charge >= 0.3 is 5.97 Å². The van der Waals surface area contributed by atoms with E-state index < -0.39 is 0 Å². The van der Waals surface area contributed by atoms with Crippen molar-refractivity contribution in [1.29, 1.82) is 0 Å². The first-order chi connectivity index (χ1) is 14.2. The van der Waals surface area contributed by atoms with E-state index in [0.717, 1.165) is 77.6 Å². The number of ether oxygens (including phenoxy) is 2. The zero-order valence-corrected chi connectivity index (χ0v) is 21.4. The standard InChI is InChI=1S/C21H36N4O3S.HI/c1-3-22-21(23-11-7-5-4-6-10-20(26)27-2)24-17-18(19-9-8-16-29-19)25-12-14-28-15-13-25;/h8-9,16,18H,3-7,10-15,17H2,1-2H3,(H2,22,23,24);1H. The van der Waals surface area contributed by atoms with Crippen molar-refractivity contribution >= 4 is 47.2 Å². The first-order valence-corrected chi connectivity index (χ1v) is 11.6. The van der Waals surface area contributed by atoms with E-state index >= 15 is 0 Å². The van der Waals surface area contributed by atoms with Crippen LogP contribution in [0.15, 0.2) is 22.5 Å². The highest BCUT2D eigenvalue weighted by Gasteiger charge is 2.23. The van der Waals surface area contributed by atoms with Gasteiger partial charge in [0.15, 0.2) is 5.96 Å². The van der Waals surface area contributed by atoms with Crippen LogP contribution in [0.3, 0.4) is 0 Å². The summed E-state index contributed by atoms with van der Waals surface area (Å²) in [6.07, 6.45) is 4.60. The third-order valence-corrected chi connectivity index (χ3v) is 5.93. The van der Waals surface area contributed by atoms with E-state index in [0.29, 0.717) is 12.5 Å². The Morgan fingerprint density at radius 3 is 2.70 bits per heavy atom. The highest BCUT2D eigenvalue weighted by molar-refractivity contribution is 14.0. The Morgan fingerprint density at radius 1 is 1.27 bits per heavy atom.